The van der Waals surface area contributed by atoms with Crippen LogP contribution in [0.2, 0.25) is 0 Å². The topological polar surface area (TPSA) is 67.4 Å². The van der Waals surface area contributed by atoms with Gasteiger partial charge in [-0.2, -0.15) is 13.2 Å². The van der Waals surface area contributed by atoms with E-state index >= 15 is 0 Å². The highest BCUT2D eigenvalue weighted by atomic mass is 19.4. The number of amides is 2. The number of anilines is 1. The number of benzene rings is 2. The number of carbonyl (C=O) groups is 2. The fraction of sp³-hybridized carbons (Fsp3) is 0.263. The van der Waals surface area contributed by atoms with E-state index in [2.05, 4.69) is 5.32 Å². The first kappa shape index (κ1) is 20.3. The van der Waals surface area contributed by atoms with Crippen LogP contribution in [0.4, 0.5) is 18.9 Å². The van der Waals surface area contributed by atoms with E-state index in [-0.39, 0.29) is 12.3 Å². The lowest BCUT2D eigenvalue weighted by atomic mass is 10.1. The Hall–Kier alpha value is -3.03. The van der Waals surface area contributed by atoms with Crippen LogP contribution < -0.4 is 15.4 Å². The van der Waals surface area contributed by atoms with Crippen molar-refractivity contribution in [2.45, 2.75) is 19.5 Å². The summed E-state index contributed by atoms with van der Waals surface area (Å²) >= 11 is 0. The van der Waals surface area contributed by atoms with Gasteiger partial charge in [0.15, 0.2) is 0 Å². The molecular weight excluding hydrogens is 361 g/mol. The zero-order valence-electron chi connectivity index (χ0n) is 14.6. The van der Waals surface area contributed by atoms with Gasteiger partial charge in [-0.1, -0.05) is 12.1 Å². The SMILES string of the molecule is CCOc1ccc(C(=O)Nc2ccc(CC(=O)NCC(F)(F)F)cc2)cc1. The number of alkyl halides is 3. The van der Waals surface area contributed by atoms with Crippen LogP contribution in [0.5, 0.6) is 5.75 Å². The molecule has 2 rings (SSSR count). The lowest BCUT2D eigenvalue weighted by molar-refractivity contribution is -0.138. The predicted molar refractivity (Wildman–Crippen MR) is 94.8 cm³/mol. The molecule has 0 saturated carbocycles. The van der Waals surface area contributed by atoms with Crippen molar-refractivity contribution in [1.82, 2.24) is 5.32 Å². The summed E-state index contributed by atoms with van der Waals surface area (Å²) < 4.78 is 41.5. The normalized spacial score (nSPS) is 11.0. The van der Waals surface area contributed by atoms with Gasteiger partial charge in [-0.15, -0.1) is 0 Å². The average molecular weight is 380 g/mol. The highest BCUT2D eigenvalue weighted by Gasteiger charge is 2.27. The second kappa shape index (κ2) is 9.07. The second-order valence-electron chi connectivity index (χ2n) is 5.68. The first-order chi connectivity index (χ1) is 12.8. The summed E-state index contributed by atoms with van der Waals surface area (Å²) in [4.78, 5) is 23.7. The largest absolute Gasteiger partial charge is 0.494 e. The predicted octanol–water partition coefficient (Wildman–Crippen LogP) is 3.56. The van der Waals surface area contributed by atoms with Gasteiger partial charge in [-0.05, 0) is 48.9 Å². The summed E-state index contributed by atoms with van der Waals surface area (Å²) in [5.74, 6) is -0.366. The van der Waals surface area contributed by atoms with Crippen molar-refractivity contribution in [3.63, 3.8) is 0 Å². The Kier molecular flexibility index (Phi) is 6.81. The summed E-state index contributed by atoms with van der Waals surface area (Å²) in [5.41, 5.74) is 1.50. The molecule has 2 aromatic carbocycles. The Labute approximate surface area is 154 Å². The van der Waals surface area contributed by atoms with Crippen molar-refractivity contribution in [3.8, 4) is 5.75 Å². The lowest BCUT2D eigenvalue weighted by Crippen LogP contribution is -2.34. The molecule has 5 nitrogen and oxygen atoms in total. The van der Waals surface area contributed by atoms with Crippen LogP contribution in [0.1, 0.15) is 22.8 Å². The highest BCUT2D eigenvalue weighted by molar-refractivity contribution is 6.04. The molecule has 2 N–H and O–H groups in total. The number of carbonyl (C=O) groups excluding carboxylic acids is 2. The molecular formula is C19H19F3N2O3. The van der Waals surface area contributed by atoms with Gasteiger partial charge in [-0.3, -0.25) is 9.59 Å². The van der Waals surface area contributed by atoms with Crippen molar-refractivity contribution >= 4 is 17.5 Å². The Morgan fingerprint density at radius 2 is 1.63 bits per heavy atom. The van der Waals surface area contributed by atoms with Gasteiger partial charge in [0.25, 0.3) is 5.91 Å². The van der Waals surface area contributed by atoms with Crippen molar-refractivity contribution in [1.29, 1.82) is 0 Å². The van der Waals surface area contributed by atoms with E-state index in [9.17, 15) is 22.8 Å². The number of hydrogen-bond acceptors (Lipinski definition) is 3. The summed E-state index contributed by atoms with van der Waals surface area (Å²) in [6, 6.07) is 13.0. The lowest BCUT2D eigenvalue weighted by Gasteiger charge is -2.09. The maximum atomic E-state index is 12.2. The Morgan fingerprint density at radius 1 is 1.00 bits per heavy atom. The smallest absolute Gasteiger partial charge is 0.405 e. The van der Waals surface area contributed by atoms with E-state index in [1.807, 2.05) is 12.2 Å². The van der Waals surface area contributed by atoms with Crippen molar-refractivity contribution < 1.29 is 27.5 Å². The maximum Gasteiger partial charge on any atom is 0.405 e. The van der Waals surface area contributed by atoms with Crippen molar-refractivity contribution in [3.05, 3.63) is 59.7 Å². The van der Waals surface area contributed by atoms with Crippen LogP contribution in [0.25, 0.3) is 0 Å². The molecule has 0 aromatic heterocycles. The summed E-state index contributed by atoms with van der Waals surface area (Å²) in [6.07, 6.45) is -4.62. The first-order valence-corrected chi connectivity index (χ1v) is 8.23. The van der Waals surface area contributed by atoms with E-state index in [4.69, 9.17) is 4.74 Å². The number of nitrogens with one attached hydrogen (secondary N) is 2. The molecule has 0 heterocycles. The van der Waals surface area contributed by atoms with E-state index in [0.717, 1.165) is 0 Å². The molecule has 0 aliphatic carbocycles. The van der Waals surface area contributed by atoms with Gasteiger partial charge in [0.2, 0.25) is 5.91 Å². The van der Waals surface area contributed by atoms with Crippen molar-refractivity contribution in [2.24, 2.45) is 0 Å². The van der Waals surface area contributed by atoms with Crippen LogP contribution >= 0.6 is 0 Å². The monoisotopic (exact) mass is 380 g/mol. The molecule has 144 valence electrons. The van der Waals surface area contributed by atoms with Gasteiger partial charge >= 0.3 is 6.18 Å². The van der Waals surface area contributed by atoms with Crippen LogP contribution in [0, 0.1) is 0 Å². The third kappa shape index (κ3) is 7.01. The van der Waals surface area contributed by atoms with Gasteiger partial charge in [0, 0.05) is 11.3 Å². The zero-order valence-corrected chi connectivity index (χ0v) is 14.6. The standard InChI is InChI=1S/C19H19F3N2O3/c1-2-27-16-9-5-14(6-10-16)18(26)24-15-7-3-13(4-8-15)11-17(25)23-12-19(20,21)22/h3-10H,2,11-12H2,1H3,(H,23,25)(H,24,26). The minimum Gasteiger partial charge on any atom is -0.494 e. The molecule has 27 heavy (non-hydrogen) atoms. The van der Waals surface area contributed by atoms with Gasteiger partial charge in [0.05, 0.1) is 13.0 Å². The maximum absolute atomic E-state index is 12.2. The van der Waals surface area contributed by atoms with E-state index in [1.165, 1.54) is 0 Å². The average Bonchev–Trinajstić information content (AvgIpc) is 2.62. The van der Waals surface area contributed by atoms with Crippen LogP contribution in [0.15, 0.2) is 48.5 Å². The first-order valence-electron chi connectivity index (χ1n) is 8.23. The molecule has 0 atom stereocenters. The zero-order chi connectivity index (χ0) is 19.9. The summed E-state index contributed by atoms with van der Waals surface area (Å²) in [6.45, 7) is 1.04. The Morgan fingerprint density at radius 3 is 2.19 bits per heavy atom. The van der Waals surface area contributed by atoms with Crippen LogP contribution in [-0.4, -0.2) is 31.1 Å². The van der Waals surface area contributed by atoms with E-state index < -0.39 is 18.6 Å². The minimum absolute atomic E-state index is 0.177. The summed E-state index contributed by atoms with van der Waals surface area (Å²) in [5, 5.41) is 4.52. The Bertz CT molecular complexity index is 772. The number of halogens is 3. The second-order valence-corrected chi connectivity index (χ2v) is 5.68. The molecule has 0 unspecified atom stereocenters. The molecule has 0 aliphatic heterocycles. The van der Waals surface area contributed by atoms with Gasteiger partial charge < -0.3 is 15.4 Å². The van der Waals surface area contributed by atoms with E-state index in [0.29, 0.717) is 29.2 Å². The minimum atomic E-state index is -4.44. The van der Waals surface area contributed by atoms with E-state index in [1.54, 1.807) is 48.5 Å². The fourth-order valence-corrected chi connectivity index (χ4v) is 2.23. The highest BCUT2D eigenvalue weighted by Crippen LogP contribution is 2.16. The third-order valence-corrected chi connectivity index (χ3v) is 3.49. The summed E-state index contributed by atoms with van der Waals surface area (Å²) in [7, 11) is 0. The fourth-order valence-electron chi connectivity index (χ4n) is 2.23. The quantitative estimate of drug-likeness (QED) is 0.772. The molecule has 2 amide bonds. The molecule has 0 aliphatic rings. The molecule has 8 heteroatoms. The van der Waals surface area contributed by atoms with Crippen LogP contribution in [-0.2, 0) is 11.2 Å². The number of rotatable bonds is 7. The molecule has 0 bridgehead atoms. The van der Waals surface area contributed by atoms with Crippen molar-refractivity contribution in [2.75, 3.05) is 18.5 Å². The number of ether oxygens (including phenoxy) is 1. The van der Waals surface area contributed by atoms with Crippen LogP contribution in [0.3, 0.4) is 0 Å². The molecule has 2 aromatic rings. The molecule has 0 fully saturated rings. The number of hydrogen-bond donors (Lipinski definition) is 2. The molecule has 0 saturated heterocycles. The molecule has 0 radical (unpaired) electrons. The van der Waals surface area contributed by atoms with Gasteiger partial charge in [0.1, 0.15) is 12.3 Å². The third-order valence-electron chi connectivity index (χ3n) is 3.49. The van der Waals surface area contributed by atoms with Gasteiger partial charge in [-0.25, -0.2) is 0 Å². The Balaban J connectivity index is 1.89. The molecule has 0 spiro atoms.